The van der Waals surface area contributed by atoms with E-state index < -0.39 is 30.3 Å². The predicted octanol–water partition coefficient (Wildman–Crippen LogP) is 2.66. The molecule has 0 spiro atoms. The van der Waals surface area contributed by atoms with Gasteiger partial charge >= 0.3 is 11.9 Å². The number of carbonyl (C=O) groups is 3. The van der Waals surface area contributed by atoms with Crippen molar-refractivity contribution < 1.29 is 24.6 Å². The van der Waals surface area contributed by atoms with E-state index in [1.165, 1.54) is 0 Å². The molecule has 144 valence electrons. The van der Waals surface area contributed by atoms with Crippen LogP contribution in [0.25, 0.3) is 6.08 Å². The average molecular weight is 409 g/mol. The van der Waals surface area contributed by atoms with Crippen LogP contribution in [0, 0.1) is 0 Å². The van der Waals surface area contributed by atoms with Crippen molar-refractivity contribution in [1.82, 2.24) is 4.90 Å². The summed E-state index contributed by atoms with van der Waals surface area (Å²) >= 11 is 6.08. The number of carbonyl (C=O) groups excluding carboxylic acids is 1. The molecule has 0 saturated carbocycles. The van der Waals surface area contributed by atoms with E-state index in [4.69, 9.17) is 17.3 Å². The predicted molar refractivity (Wildman–Crippen MR) is 109 cm³/mol. The topological polar surface area (TPSA) is 98.2 Å². The Hall–Kier alpha value is -2.39. The summed E-state index contributed by atoms with van der Waals surface area (Å²) in [6.45, 7) is 5.90. The van der Waals surface area contributed by atoms with Gasteiger partial charge in [-0.05, 0) is 37.6 Å². The van der Waals surface area contributed by atoms with Crippen LogP contribution < -0.4 is 4.90 Å². The van der Waals surface area contributed by atoms with Gasteiger partial charge in [0.15, 0.2) is 0 Å². The monoisotopic (exact) mass is 408 g/mol. The lowest BCUT2D eigenvalue weighted by Crippen LogP contribution is -2.45. The molecule has 27 heavy (non-hydrogen) atoms. The van der Waals surface area contributed by atoms with Gasteiger partial charge in [0.05, 0.1) is 11.3 Å². The number of carboxylic acid groups (broad SMARTS) is 2. The van der Waals surface area contributed by atoms with Gasteiger partial charge in [-0.25, -0.2) is 4.79 Å². The fourth-order valence-corrected chi connectivity index (χ4v) is 4.08. The molecule has 2 N–H and O–H groups in total. The summed E-state index contributed by atoms with van der Waals surface area (Å²) in [5.41, 5.74) is 1.84. The van der Waals surface area contributed by atoms with Gasteiger partial charge in [0.2, 0.25) is 0 Å². The number of anilines is 1. The molecule has 0 aliphatic carbocycles. The fraction of sp³-hybridized carbons (Fsp3) is 0.333. The van der Waals surface area contributed by atoms with Crippen molar-refractivity contribution >= 4 is 57.9 Å². The molecule has 1 amide bonds. The smallest absolute Gasteiger partial charge is 0.327 e. The first-order chi connectivity index (χ1) is 12.8. The molecule has 0 aromatic heterocycles. The lowest BCUT2D eigenvalue weighted by atomic mass is 10.1. The van der Waals surface area contributed by atoms with Gasteiger partial charge in [-0.2, -0.15) is 0 Å². The lowest BCUT2D eigenvalue weighted by Gasteiger charge is -2.21. The number of thiocarbonyl (C=S) groups is 1. The molecule has 0 bridgehead atoms. The molecule has 2 rings (SSSR count). The molecule has 1 aliphatic heterocycles. The second-order valence-corrected chi connectivity index (χ2v) is 7.44. The van der Waals surface area contributed by atoms with E-state index in [0.717, 1.165) is 41.0 Å². The minimum absolute atomic E-state index is 0.0414. The van der Waals surface area contributed by atoms with E-state index in [1.807, 2.05) is 24.3 Å². The van der Waals surface area contributed by atoms with Crippen molar-refractivity contribution in [2.45, 2.75) is 26.3 Å². The van der Waals surface area contributed by atoms with Crippen molar-refractivity contribution in [2.75, 3.05) is 18.0 Å². The highest BCUT2D eigenvalue weighted by atomic mass is 32.2. The van der Waals surface area contributed by atoms with Crippen LogP contribution in [0.3, 0.4) is 0 Å². The number of rotatable bonds is 8. The molecule has 1 aromatic carbocycles. The molecule has 1 aliphatic rings. The summed E-state index contributed by atoms with van der Waals surface area (Å²) in [5, 5.41) is 18.2. The molecule has 7 nitrogen and oxygen atoms in total. The number of nitrogens with zero attached hydrogens (tertiary/aromatic N) is 2. The van der Waals surface area contributed by atoms with E-state index >= 15 is 0 Å². The SMILES string of the molecule is CCN(CC)c1ccc(/C=C2\SC(=S)N([C@H](CC(=O)O)C(=O)O)C2=O)cc1. The maximum atomic E-state index is 12.6. The van der Waals surface area contributed by atoms with E-state index in [2.05, 4.69) is 18.7 Å². The Kier molecular flexibility index (Phi) is 6.98. The van der Waals surface area contributed by atoms with Gasteiger partial charge in [-0.3, -0.25) is 14.5 Å². The third kappa shape index (κ3) is 4.86. The summed E-state index contributed by atoms with van der Waals surface area (Å²) in [6, 6.07) is 6.11. The third-order valence-corrected chi connectivity index (χ3v) is 5.44. The summed E-state index contributed by atoms with van der Waals surface area (Å²) in [6.07, 6.45) is 0.915. The highest BCUT2D eigenvalue weighted by Crippen LogP contribution is 2.34. The molecule has 9 heteroatoms. The van der Waals surface area contributed by atoms with E-state index in [1.54, 1.807) is 6.08 Å². The summed E-state index contributed by atoms with van der Waals surface area (Å²) in [4.78, 5) is 38.2. The quantitative estimate of drug-likeness (QED) is 0.500. The minimum atomic E-state index is -1.52. The number of aliphatic carboxylic acids is 2. The van der Waals surface area contributed by atoms with Gasteiger partial charge in [0, 0.05) is 18.8 Å². The van der Waals surface area contributed by atoms with Crippen LogP contribution in [0.1, 0.15) is 25.8 Å². The highest BCUT2D eigenvalue weighted by Gasteiger charge is 2.41. The summed E-state index contributed by atoms with van der Waals surface area (Å²) in [7, 11) is 0. The van der Waals surface area contributed by atoms with Crippen molar-refractivity contribution in [1.29, 1.82) is 0 Å². The standard InChI is InChI=1S/C18H20N2O5S2/c1-3-19(4-2)12-7-5-11(6-8-12)9-14-16(23)20(18(26)27-14)13(17(24)25)10-15(21)22/h5-9,13H,3-4,10H2,1-2H3,(H,21,22)(H,24,25)/b14-9-/t13-/m1/s1. The third-order valence-electron chi connectivity index (χ3n) is 4.11. The van der Waals surface area contributed by atoms with Crippen molar-refractivity contribution in [3.05, 3.63) is 34.7 Å². The Morgan fingerprint density at radius 3 is 2.30 bits per heavy atom. The number of amides is 1. The lowest BCUT2D eigenvalue weighted by molar-refractivity contribution is -0.150. The fourth-order valence-electron chi connectivity index (χ4n) is 2.72. The van der Waals surface area contributed by atoms with Gasteiger partial charge in [0.1, 0.15) is 10.4 Å². The molecule has 1 atom stereocenters. The Balaban J connectivity index is 2.25. The maximum Gasteiger partial charge on any atom is 0.327 e. The Labute approximate surface area is 166 Å². The minimum Gasteiger partial charge on any atom is -0.481 e. The number of thioether (sulfide) groups is 1. The first kappa shape index (κ1) is 20.9. The van der Waals surface area contributed by atoms with Crippen molar-refractivity contribution in [3.8, 4) is 0 Å². The maximum absolute atomic E-state index is 12.6. The van der Waals surface area contributed by atoms with Crippen LogP contribution in [0.4, 0.5) is 5.69 Å². The van der Waals surface area contributed by atoms with Gasteiger partial charge in [0.25, 0.3) is 5.91 Å². The van der Waals surface area contributed by atoms with E-state index in [0.29, 0.717) is 0 Å². The van der Waals surface area contributed by atoms with E-state index in [-0.39, 0.29) is 9.23 Å². The van der Waals surface area contributed by atoms with Crippen LogP contribution in [0.5, 0.6) is 0 Å². The number of benzene rings is 1. The summed E-state index contributed by atoms with van der Waals surface area (Å²) < 4.78 is 0.0414. The molecule has 0 radical (unpaired) electrons. The molecule has 0 unspecified atom stereocenters. The average Bonchev–Trinajstić information content (AvgIpc) is 2.88. The number of carboxylic acids is 2. The van der Waals surface area contributed by atoms with Crippen LogP contribution in [0.15, 0.2) is 29.2 Å². The summed E-state index contributed by atoms with van der Waals surface area (Å²) in [5.74, 6) is -3.31. The largest absolute Gasteiger partial charge is 0.481 e. The molecule has 1 aromatic rings. The number of hydrogen-bond acceptors (Lipinski definition) is 6. The van der Waals surface area contributed by atoms with Crippen LogP contribution in [-0.4, -0.2) is 56.4 Å². The van der Waals surface area contributed by atoms with Gasteiger partial charge < -0.3 is 15.1 Å². The number of hydrogen-bond donors (Lipinski definition) is 2. The second-order valence-electron chi connectivity index (χ2n) is 5.77. The Morgan fingerprint density at radius 2 is 1.81 bits per heavy atom. The molecule has 1 fully saturated rings. The normalized spacial score (nSPS) is 16.7. The van der Waals surface area contributed by atoms with Gasteiger partial charge in [-0.15, -0.1) is 0 Å². The van der Waals surface area contributed by atoms with Crippen LogP contribution in [-0.2, 0) is 14.4 Å². The Morgan fingerprint density at radius 1 is 1.22 bits per heavy atom. The van der Waals surface area contributed by atoms with Crippen LogP contribution in [0.2, 0.25) is 0 Å². The van der Waals surface area contributed by atoms with E-state index in [9.17, 15) is 19.5 Å². The van der Waals surface area contributed by atoms with Crippen molar-refractivity contribution in [2.24, 2.45) is 0 Å². The Bertz CT molecular complexity index is 787. The zero-order valence-corrected chi connectivity index (χ0v) is 16.5. The molecule has 1 saturated heterocycles. The molecular formula is C18H20N2O5S2. The first-order valence-electron chi connectivity index (χ1n) is 8.35. The highest BCUT2D eigenvalue weighted by molar-refractivity contribution is 8.26. The first-order valence-corrected chi connectivity index (χ1v) is 9.57. The molecular weight excluding hydrogens is 388 g/mol. The zero-order chi connectivity index (χ0) is 20.1. The van der Waals surface area contributed by atoms with Gasteiger partial charge in [-0.1, -0.05) is 36.1 Å². The molecule has 1 heterocycles. The van der Waals surface area contributed by atoms with Crippen LogP contribution >= 0.6 is 24.0 Å². The second kappa shape index (κ2) is 9.01. The van der Waals surface area contributed by atoms with Crippen molar-refractivity contribution in [3.63, 3.8) is 0 Å². The zero-order valence-electron chi connectivity index (χ0n) is 14.9.